The molecule has 3 heteroatoms. The number of aromatic nitrogens is 1. The zero-order valence-electron chi connectivity index (χ0n) is 9.03. The van der Waals surface area contributed by atoms with Crippen molar-refractivity contribution in [2.24, 2.45) is 0 Å². The maximum Gasteiger partial charge on any atom is 0.209 e. The fourth-order valence-electron chi connectivity index (χ4n) is 1.64. The molecule has 0 unspecified atom stereocenters. The van der Waals surface area contributed by atoms with Gasteiger partial charge in [-0.05, 0) is 18.4 Å². The molecule has 2 nitrogen and oxygen atoms in total. The van der Waals surface area contributed by atoms with E-state index in [1.54, 1.807) is 6.20 Å². The van der Waals surface area contributed by atoms with Gasteiger partial charge in [0.25, 0.3) is 0 Å². The summed E-state index contributed by atoms with van der Waals surface area (Å²) < 4.78 is 5.43. The predicted molar refractivity (Wildman–Crippen MR) is 64.5 cm³/mol. The first-order valence-corrected chi connectivity index (χ1v) is 5.95. The molecule has 0 amide bonds. The molecule has 1 aromatic carbocycles. The Labute approximate surface area is 100 Å². The third-order valence-corrected chi connectivity index (χ3v) is 2.68. The van der Waals surface area contributed by atoms with Crippen LogP contribution in [0.1, 0.15) is 23.6 Å². The maximum atomic E-state index is 5.61. The van der Waals surface area contributed by atoms with Crippen LogP contribution in [0.25, 0.3) is 0 Å². The molecule has 0 radical (unpaired) electrons. The van der Waals surface area contributed by atoms with E-state index in [0.29, 0.717) is 11.8 Å². The number of rotatable bonds is 5. The first-order chi connectivity index (χ1) is 7.88. The van der Waals surface area contributed by atoms with Crippen LogP contribution in [0.15, 0.2) is 40.9 Å². The van der Waals surface area contributed by atoms with Gasteiger partial charge < -0.3 is 4.42 Å². The lowest BCUT2D eigenvalue weighted by Crippen LogP contribution is -1.88. The van der Waals surface area contributed by atoms with E-state index < -0.39 is 0 Å². The molecule has 0 aliphatic carbocycles. The highest BCUT2D eigenvalue weighted by Gasteiger charge is 2.02. The summed E-state index contributed by atoms with van der Waals surface area (Å²) in [5.41, 5.74) is 1.36. The summed E-state index contributed by atoms with van der Waals surface area (Å²) in [6, 6.07) is 10.5. The van der Waals surface area contributed by atoms with Crippen LogP contribution in [-0.4, -0.2) is 4.98 Å². The normalized spacial score (nSPS) is 10.6. The monoisotopic (exact) mass is 235 g/mol. The van der Waals surface area contributed by atoms with E-state index in [0.717, 1.165) is 25.0 Å². The lowest BCUT2D eigenvalue weighted by atomic mass is 10.1. The number of halogens is 1. The Kier molecular flexibility index (Phi) is 4.00. The molecule has 0 aliphatic rings. The second-order valence-electron chi connectivity index (χ2n) is 3.69. The quantitative estimate of drug-likeness (QED) is 0.741. The molecule has 0 fully saturated rings. The van der Waals surface area contributed by atoms with Gasteiger partial charge in [0.15, 0.2) is 0 Å². The van der Waals surface area contributed by atoms with Crippen LogP contribution in [0.5, 0.6) is 0 Å². The van der Waals surface area contributed by atoms with Gasteiger partial charge in [0, 0.05) is 6.42 Å². The molecular formula is C13H14ClNO. The summed E-state index contributed by atoms with van der Waals surface area (Å²) in [6.45, 7) is 0. The smallest absolute Gasteiger partial charge is 0.209 e. The van der Waals surface area contributed by atoms with Crippen LogP contribution >= 0.6 is 11.6 Å². The number of benzene rings is 1. The third kappa shape index (κ3) is 3.11. The largest absolute Gasteiger partial charge is 0.444 e. The summed E-state index contributed by atoms with van der Waals surface area (Å²) in [7, 11) is 0. The SMILES string of the molecule is ClCc1ncc(CCCc2ccccc2)o1. The van der Waals surface area contributed by atoms with Crippen molar-refractivity contribution < 1.29 is 4.42 Å². The summed E-state index contributed by atoms with van der Waals surface area (Å²) in [5.74, 6) is 1.88. The van der Waals surface area contributed by atoms with Crippen LogP contribution in [0.3, 0.4) is 0 Å². The Morgan fingerprint density at radius 1 is 1.12 bits per heavy atom. The van der Waals surface area contributed by atoms with Crippen molar-refractivity contribution >= 4 is 11.6 Å². The van der Waals surface area contributed by atoms with Gasteiger partial charge >= 0.3 is 0 Å². The number of oxazole rings is 1. The van der Waals surface area contributed by atoms with Gasteiger partial charge in [-0.2, -0.15) is 0 Å². The van der Waals surface area contributed by atoms with Crippen molar-refractivity contribution in [2.45, 2.75) is 25.1 Å². The Bertz CT molecular complexity index is 425. The zero-order chi connectivity index (χ0) is 11.2. The van der Waals surface area contributed by atoms with Gasteiger partial charge in [-0.1, -0.05) is 30.3 Å². The van der Waals surface area contributed by atoms with Crippen molar-refractivity contribution in [3.8, 4) is 0 Å². The van der Waals surface area contributed by atoms with Crippen molar-refractivity contribution in [3.63, 3.8) is 0 Å². The third-order valence-electron chi connectivity index (χ3n) is 2.45. The molecule has 0 bridgehead atoms. The van der Waals surface area contributed by atoms with Crippen LogP contribution < -0.4 is 0 Å². The fraction of sp³-hybridized carbons (Fsp3) is 0.308. The van der Waals surface area contributed by atoms with Crippen molar-refractivity contribution in [1.29, 1.82) is 0 Å². The Morgan fingerprint density at radius 2 is 1.94 bits per heavy atom. The molecule has 1 aromatic heterocycles. The number of hydrogen-bond donors (Lipinski definition) is 0. The standard InChI is InChI=1S/C13H14ClNO/c14-9-13-15-10-12(16-13)8-4-7-11-5-2-1-3-6-11/h1-3,5-6,10H,4,7-9H2. The molecule has 0 saturated heterocycles. The Balaban J connectivity index is 1.80. The summed E-state index contributed by atoms with van der Waals surface area (Å²) >= 11 is 5.61. The van der Waals surface area contributed by atoms with E-state index in [1.807, 2.05) is 6.07 Å². The van der Waals surface area contributed by atoms with Gasteiger partial charge in [0.1, 0.15) is 5.76 Å². The first kappa shape index (κ1) is 11.2. The lowest BCUT2D eigenvalue weighted by Gasteiger charge is -1.98. The molecule has 84 valence electrons. The van der Waals surface area contributed by atoms with E-state index in [4.69, 9.17) is 16.0 Å². The van der Waals surface area contributed by atoms with E-state index in [-0.39, 0.29) is 0 Å². The number of aryl methyl sites for hydroxylation is 2. The van der Waals surface area contributed by atoms with E-state index in [1.165, 1.54) is 5.56 Å². The first-order valence-electron chi connectivity index (χ1n) is 5.42. The second kappa shape index (κ2) is 5.71. The lowest BCUT2D eigenvalue weighted by molar-refractivity contribution is 0.465. The van der Waals surface area contributed by atoms with E-state index in [2.05, 4.69) is 29.2 Å². The second-order valence-corrected chi connectivity index (χ2v) is 3.96. The predicted octanol–water partition coefficient (Wildman–Crippen LogP) is 3.59. The zero-order valence-corrected chi connectivity index (χ0v) is 9.78. The highest BCUT2D eigenvalue weighted by Crippen LogP contribution is 2.10. The van der Waals surface area contributed by atoms with Gasteiger partial charge in [-0.25, -0.2) is 4.98 Å². The minimum Gasteiger partial charge on any atom is -0.444 e. The minimum atomic E-state index is 0.346. The highest BCUT2D eigenvalue weighted by molar-refractivity contribution is 6.16. The van der Waals surface area contributed by atoms with E-state index >= 15 is 0 Å². The average Bonchev–Trinajstić information content (AvgIpc) is 2.78. The topological polar surface area (TPSA) is 26.0 Å². The molecule has 0 spiro atoms. The van der Waals surface area contributed by atoms with Crippen LogP contribution in [-0.2, 0) is 18.7 Å². The van der Waals surface area contributed by atoms with Gasteiger partial charge in [-0.15, -0.1) is 11.6 Å². The molecule has 2 aromatic rings. The van der Waals surface area contributed by atoms with Gasteiger partial charge in [-0.3, -0.25) is 0 Å². The van der Waals surface area contributed by atoms with Crippen molar-refractivity contribution in [1.82, 2.24) is 4.98 Å². The van der Waals surface area contributed by atoms with Gasteiger partial charge in [0.2, 0.25) is 5.89 Å². The van der Waals surface area contributed by atoms with Crippen molar-refractivity contribution in [2.75, 3.05) is 0 Å². The summed E-state index contributed by atoms with van der Waals surface area (Å²) in [6.07, 6.45) is 4.82. The molecular weight excluding hydrogens is 222 g/mol. The molecule has 0 N–H and O–H groups in total. The molecule has 16 heavy (non-hydrogen) atoms. The number of alkyl halides is 1. The average molecular weight is 236 g/mol. The molecule has 1 heterocycles. The molecule has 0 saturated carbocycles. The molecule has 0 atom stereocenters. The minimum absolute atomic E-state index is 0.346. The highest BCUT2D eigenvalue weighted by atomic mass is 35.5. The fourth-order valence-corrected chi connectivity index (χ4v) is 1.76. The summed E-state index contributed by atoms with van der Waals surface area (Å²) in [4.78, 5) is 4.06. The van der Waals surface area contributed by atoms with Crippen LogP contribution in [0, 0.1) is 0 Å². The maximum absolute atomic E-state index is 5.61. The number of hydrogen-bond acceptors (Lipinski definition) is 2. The van der Waals surface area contributed by atoms with Crippen LogP contribution in [0.4, 0.5) is 0 Å². The molecule has 0 aliphatic heterocycles. The Hall–Kier alpha value is -1.28. The summed E-state index contributed by atoms with van der Waals surface area (Å²) in [5, 5.41) is 0. The Morgan fingerprint density at radius 3 is 2.62 bits per heavy atom. The van der Waals surface area contributed by atoms with E-state index in [9.17, 15) is 0 Å². The van der Waals surface area contributed by atoms with Crippen molar-refractivity contribution in [3.05, 3.63) is 53.7 Å². The number of nitrogens with zero attached hydrogens (tertiary/aromatic N) is 1. The van der Waals surface area contributed by atoms with Crippen LogP contribution in [0.2, 0.25) is 0 Å². The molecule has 2 rings (SSSR count). The van der Waals surface area contributed by atoms with Gasteiger partial charge in [0.05, 0.1) is 12.1 Å².